The van der Waals surface area contributed by atoms with Gasteiger partial charge in [0.05, 0.1) is 0 Å². The average molecular weight is 416 g/mol. The molecule has 1 aliphatic heterocycles. The number of aromatic hydroxyl groups is 1. The van der Waals surface area contributed by atoms with Crippen LogP contribution in [0.15, 0.2) is 12.1 Å². The van der Waals surface area contributed by atoms with Crippen LogP contribution in [0.3, 0.4) is 0 Å². The molecule has 3 atom stereocenters. The Morgan fingerprint density at radius 1 is 1.23 bits per heavy atom. The van der Waals surface area contributed by atoms with Crippen molar-refractivity contribution in [2.45, 2.75) is 116 Å². The SMILES string of the molecule is CCCCCCC(C)(C)c1cc(O)c2c(c1)OC(C)(C)[C@@H]1CCC(NC(C)=O)C[C@@H]21. The Balaban J connectivity index is 1.90. The van der Waals surface area contributed by atoms with E-state index >= 15 is 0 Å². The minimum Gasteiger partial charge on any atom is -0.508 e. The van der Waals surface area contributed by atoms with Crippen LogP contribution in [0, 0.1) is 5.92 Å². The van der Waals surface area contributed by atoms with Gasteiger partial charge in [-0.1, -0.05) is 46.5 Å². The Hall–Kier alpha value is -1.71. The molecule has 30 heavy (non-hydrogen) atoms. The minimum absolute atomic E-state index is 0.00408. The summed E-state index contributed by atoms with van der Waals surface area (Å²) in [6, 6.07) is 4.31. The number of phenols is 1. The fourth-order valence-electron chi connectivity index (χ4n) is 5.70. The zero-order valence-corrected chi connectivity index (χ0v) is 19.8. The van der Waals surface area contributed by atoms with E-state index < -0.39 is 0 Å². The monoisotopic (exact) mass is 415 g/mol. The van der Waals surface area contributed by atoms with Crippen LogP contribution >= 0.6 is 0 Å². The molecule has 2 aliphatic rings. The van der Waals surface area contributed by atoms with Crippen LogP contribution in [0.5, 0.6) is 11.5 Å². The maximum absolute atomic E-state index is 11.6. The summed E-state index contributed by atoms with van der Waals surface area (Å²) >= 11 is 0. The van der Waals surface area contributed by atoms with Gasteiger partial charge in [-0.3, -0.25) is 4.79 Å². The van der Waals surface area contributed by atoms with Crippen molar-refractivity contribution in [2.75, 3.05) is 0 Å². The number of unbranched alkanes of at least 4 members (excludes halogenated alkanes) is 3. The summed E-state index contributed by atoms with van der Waals surface area (Å²) in [5, 5.41) is 14.2. The van der Waals surface area contributed by atoms with Crippen molar-refractivity contribution in [2.24, 2.45) is 5.92 Å². The van der Waals surface area contributed by atoms with E-state index in [1.165, 1.54) is 25.7 Å². The summed E-state index contributed by atoms with van der Waals surface area (Å²) < 4.78 is 6.52. The van der Waals surface area contributed by atoms with Crippen LogP contribution in [0.1, 0.15) is 110 Å². The quantitative estimate of drug-likeness (QED) is 0.521. The van der Waals surface area contributed by atoms with Gasteiger partial charge >= 0.3 is 0 Å². The van der Waals surface area contributed by atoms with Crippen LogP contribution in [-0.2, 0) is 10.2 Å². The van der Waals surface area contributed by atoms with Crippen molar-refractivity contribution < 1.29 is 14.6 Å². The van der Waals surface area contributed by atoms with Gasteiger partial charge in [0.25, 0.3) is 0 Å². The van der Waals surface area contributed by atoms with Gasteiger partial charge in [-0.15, -0.1) is 0 Å². The molecule has 168 valence electrons. The summed E-state index contributed by atoms with van der Waals surface area (Å²) in [6.45, 7) is 12.7. The Morgan fingerprint density at radius 2 is 1.97 bits per heavy atom. The molecule has 0 spiro atoms. The average Bonchev–Trinajstić information content (AvgIpc) is 2.63. The summed E-state index contributed by atoms with van der Waals surface area (Å²) in [5.41, 5.74) is 1.81. The van der Waals surface area contributed by atoms with Crippen LogP contribution in [-0.4, -0.2) is 22.7 Å². The lowest BCUT2D eigenvalue weighted by Crippen LogP contribution is -2.50. The predicted molar refractivity (Wildman–Crippen MR) is 122 cm³/mol. The molecule has 1 aromatic carbocycles. The third kappa shape index (κ3) is 4.78. The number of phenolic OH excluding ortho intramolecular Hbond substituents is 1. The smallest absolute Gasteiger partial charge is 0.217 e. The lowest BCUT2D eigenvalue weighted by Gasteiger charge is -2.49. The van der Waals surface area contributed by atoms with Crippen molar-refractivity contribution in [3.8, 4) is 11.5 Å². The zero-order valence-electron chi connectivity index (χ0n) is 19.8. The molecule has 2 N–H and O–H groups in total. The third-order valence-corrected chi connectivity index (χ3v) is 7.45. The minimum atomic E-state index is -0.283. The zero-order chi connectivity index (χ0) is 22.1. The molecule has 0 saturated heterocycles. The molecule has 1 saturated carbocycles. The van der Waals surface area contributed by atoms with Gasteiger partial charge in [-0.25, -0.2) is 0 Å². The summed E-state index contributed by atoms with van der Waals surface area (Å²) in [4.78, 5) is 11.6. The number of benzene rings is 1. The van der Waals surface area contributed by atoms with Gasteiger partial charge in [0.1, 0.15) is 17.1 Å². The Labute approximate surface area is 182 Å². The van der Waals surface area contributed by atoms with Gasteiger partial charge in [0, 0.05) is 24.4 Å². The largest absolute Gasteiger partial charge is 0.508 e. The van der Waals surface area contributed by atoms with E-state index in [0.29, 0.717) is 11.7 Å². The van der Waals surface area contributed by atoms with Crippen molar-refractivity contribution in [3.63, 3.8) is 0 Å². The first-order valence-electron chi connectivity index (χ1n) is 11.9. The molecule has 4 nitrogen and oxygen atoms in total. The molecule has 0 bridgehead atoms. The lowest BCUT2D eigenvalue weighted by molar-refractivity contribution is -0.120. The molecule has 1 fully saturated rings. The number of amides is 1. The molecule has 0 radical (unpaired) electrons. The number of nitrogens with one attached hydrogen (secondary N) is 1. The van der Waals surface area contributed by atoms with E-state index in [0.717, 1.165) is 42.6 Å². The molecule has 1 unspecified atom stereocenters. The number of rotatable bonds is 7. The van der Waals surface area contributed by atoms with E-state index in [4.69, 9.17) is 4.74 Å². The number of hydrogen-bond donors (Lipinski definition) is 2. The summed E-state index contributed by atoms with van der Waals surface area (Å²) in [6.07, 6.45) is 8.90. The van der Waals surface area contributed by atoms with Crippen molar-refractivity contribution in [1.82, 2.24) is 5.32 Å². The lowest BCUT2D eigenvalue weighted by atomic mass is 9.65. The van der Waals surface area contributed by atoms with E-state index in [1.807, 2.05) is 6.07 Å². The van der Waals surface area contributed by atoms with Gasteiger partial charge < -0.3 is 15.2 Å². The van der Waals surface area contributed by atoms with Crippen molar-refractivity contribution >= 4 is 5.91 Å². The molecule has 1 aromatic rings. The first-order valence-corrected chi connectivity index (χ1v) is 11.9. The normalized spacial score (nSPS) is 25.1. The highest BCUT2D eigenvalue weighted by atomic mass is 16.5. The van der Waals surface area contributed by atoms with E-state index in [2.05, 4.69) is 46.0 Å². The fraction of sp³-hybridized carbons (Fsp3) is 0.731. The Morgan fingerprint density at radius 3 is 2.63 bits per heavy atom. The first kappa shape index (κ1) is 23.0. The number of carbonyl (C=O) groups excluding carboxylic acids is 1. The van der Waals surface area contributed by atoms with Crippen LogP contribution in [0.4, 0.5) is 0 Å². The molecule has 3 rings (SSSR count). The summed E-state index contributed by atoms with van der Waals surface area (Å²) in [5.74, 6) is 1.76. The number of ether oxygens (including phenoxy) is 1. The second-order valence-corrected chi connectivity index (χ2v) is 10.7. The Bertz CT molecular complexity index is 768. The van der Waals surface area contributed by atoms with Gasteiger partial charge in [-0.2, -0.15) is 0 Å². The van der Waals surface area contributed by atoms with Crippen LogP contribution < -0.4 is 10.1 Å². The highest BCUT2D eigenvalue weighted by molar-refractivity contribution is 5.73. The van der Waals surface area contributed by atoms with Gasteiger partial charge in [0.15, 0.2) is 0 Å². The van der Waals surface area contributed by atoms with E-state index in [1.54, 1.807) is 6.92 Å². The molecule has 1 aliphatic carbocycles. The third-order valence-electron chi connectivity index (χ3n) is 7.45. The second kappa shape index (κ2) is 8.80. The highest BCUT2D eigenvalue weighted by Crippen LogP contribution is 2.55. The molecule has 0 aromatic heterocycles. The molecular weight excluding hydrogens is 374 g/mol. The standard InChI is InChI=1S/C26H41NO3/c1-7-8-9-10-13-25(3,4)18-14-22(29)24-20-16-19(27-17(2)28)11-12-21(20)26(5,6)30-23(24)15-18/h14-15,19-21,29H,7-13,16H2,1-6H3,(H,27,28)/t19?,20-,21-/m1/s1. The molecule has 1 heterocycles. The number of fused-ring (bicyclic) bond motifs is 3. The topological polar surface area (TPSA) is 58.6 Å². The second-order valence-electron chi connectivity index (χ2n) is 10.7. The van der Waals surface area contributed by atoms with E-state index in [9.17, 15) is 9.90 Å². The van der Waals surface area contributed by atoms with Crippen molar-refractivity contribution in [3.05, 3.63) is 23.3 Å². The Kier molecular flexibility index (Phi) is 6.74. The maximum Gasteiger partial charge on any atom is 0.217 e. The predicted octanol–water partition coefficient (Wildman–Crippen LogP) is 6.20. The maximum atomic E-state index is 11.6. The molecule has 4 heteroatoms. The van der Waals surface area contributed by atoms with E-state index in [-0.39, 0.29) is 28.9 Å². The molecular formula is C26H41NO3. The first-order chi connectivity index (χ1) is 14.0. The van der Waals surface area contributed by atoms with Crippen LogP contribution in [0.25, 0.3) is 0 Å². The molecule has 1 amide bonds. The number of hydrogen-bond acceptors (Lipinski definition) is 3. The van der Waals surface area contributed by atoms with Gasteiger partial charge in [0.2, 0.25) is 5.91 Å². The number of carbonyl (C=O) groups is 1. The summed E-state index contributed by atoms with van der Waals surface area (Å²) in [7, 11) is 0. The van der Waals surface area contributed by atoms with Crippen LogP contribution in [0.2, 0.25) is 0 Å². The van der Waals surface area contributed by atoms with Crippen molar-refractivity contribution in [1.29, 1.82) is 0 Å². The highest BCUT2D eigenvalue weighted by Gasteiger charge is 2.48. The fourth-order valence-corrected chi connectivity index (χ4v) is 5.70. The van der Waals surface area contributed by atoms with Gasteiger partial charge in [-0.05, 0) is 68.6 Å².